The van der Waals surface area contributed by atoms with Crippen molar-refractivity contribution in [1.29, 1.82) is 0 Å². The maximum atomic E-state index is 13.4. The van der Waals surface area contributed by atoms with Crippen LogP contribution in [0.3, 0.4) is 0 Å². The van der Waals surface area contributed by atoms with E-state index in [1.54, 1.807) is 30.6 Å². The van der Waals surface area contributed by atoms with Crippen LogP contribution in [-0.2, 0) is 11.2 Å². The summed E-state index contributed by atoms with van der Waals surface area (Å²) in [6.45, 7) is 6.18. The number of alkyl halides is 3. The van der Waals surface area contributed by atoms with Crippen LogP contribution in [0, 0.1) is 0 Å². The lowest BCUT2D eigenvalue weighted by molar-refractivity contribution is -0.274. The number of carbonyl (C=O) groups excluding carboxylic acids is 2. The van der Waals surface area contributed by atoms with Gasteiger partial charge < -0.3 is 19.3 Å². The molecule has 1 fully saturated rings. The first-order valence-electron chi connectivity index (χ1n) is 12.0. The molecular weight excluding hydrogens is 503 g/mol. The summed E-state index contributed by atoms with van der Waals surface area (Å²) in [5.41, 5.74) is 1.13. The van der Waals surface area contributed by atoms with Crippen LogP contribution < -0.4 is 4.74 Å². The third-order valence-corrected chi connectivity index (χ3v) is 5.74. The van der Waals surface area contributed by atoms with Gasteiger partial charge in [-0.2, -0.15) is 5.10 Å². The van der Waals surface area contributed by atoms with E-state index in [4.69, 9.17) is 4.74 Å². The van der Waals surface area contributed by atoms with Crippen LogP contribution in [-0.4, -0.2) is 74.6 Å². The molecule has 2 amide bonds. The molecular formula is C26H28F3N5O4. The van der Waals surface area contributed by atoms with Crippen LogP contribution in [0.15, 0.2) is 60.8 Å². The lowest BCUT2D eigenvalue weighted by Gasteiger charge is -2.41. The van der Waals surface area contributed by atoms with Crippen molar-refractivity contribution in [3.05, 3.63) is 66.4 Å². The van der Waals surface area contributed by atoms with Gasteiger partial charge in [-0.05, 0) is 57.0 Å². The van der Waals surface area contributed by atoms with Crippen LogP contribution in [0.2, 0.25) is 0 Å². The van der Waals surface area contributed by atoms with E-state index in [2.05, 4.69) is 14.9 Å². The quantitative estimate of drug-likeness (QED) is 0.472. The molecule has 2 aromatic carbocycles. The predicted molar refractivity (Wildman–Crippen MR) is 131 cm³/mol. The van der Waals surface area contributed by atoms with Crippen molar-refractivity contribution < 1.29 is 32.2 Å². The molecule has 9 nitrogen and oxygen atoms in total. The summed E-state index contributed by atoms with van der Waals surface area (Å²) < 4.78 is 46.7. The van der Waals surface area contributed by atoms with Gasteiger partial charge in [-0.25, -0.2) is 9.59 Å². The summed E-state index contributed by atoms with van der Waals surface area (Å²) in [6, 6.07) is 13.9. The van der Waals surface area contributed by atoms with Gasteiger partial charge in [-0.15, -0.1) is 18.3 Å². The summed E-state index contributed by atoms with van der Waals surface area (Å²) in [5.74, 6) is -0.365. The number of aromatic nitrogens is 3. The van der Waals surface area contributed by atoms with E-state index >= 15 is 0 Å². The summed E-state index contributed by atoms with van der Waals surface area (Å²) in [7, 11) is 0. The van der Waals surface area contributed by atoms with Crippen molar-refractivity contribution in [2.24, 2.45) is 0 Å². The molecule has 1 aliphatic heterocycles. The van der Waals surface area contributed by atoms with Crippen molar-refractivity contribution in [3.8, 4) is 17.0 Å². The molecule has 4 rings (SSSR count). The van der Waals surface area contributed by atoms with Crippen LogP contribution in [0.25, 0.3) is 11.3 Å². The molecule has 0 N–H and O–H groups in total. The summed E-state index contributed by atoms with van der Waals surface area (Å²) in [5, 5.41) is 8.34. The van der Waals surface area contributed by atoms with E-state index in [-0.39, 0.29) is 31.4 Å². The highest BCUT2D eigenvalue weighted by atomic mass is 19.4. The fourth-order valence-corrected chi connectivity index (χ4v) is 4.09. The number of hydrogen-bond donors (Lipinski definition) is 0. The van der Waals surface area contributed by atoms with Gasteiger partial charge in [0.25, 0.3) is 0 Å². The molecule has 0 bridgehead atoms. The van der Waals surface area contributed by atoms with Crippen LogP contribution in [0.4, 0.5) is 22.8 Å². The number of piperazine rings is 1. The Bertz CT molecular complexity index is 1260. The monoisotopic (exact) mass is 531 g/mol. The zero-order valence-corrected chi connectivity index (χ0v) is 21.2. The Hall–Kier alpha value is -4.09. The molecule has 1 atom stereocenters. The average Bonchev–Trinajstić information content (AvgIpc) is 3.33. The largest absolute Gasteiger partial charge is 0.573 e. The normalized spacial score (nSPS) is 16.3. The number of carbonyl (C=O) groups is 2. The maximum absolute atomic E-state index is 13.4. The van der Waals surface area contributed by atoms with E-state index in [1.165, 1.54) is 18.3 Å². The van der Waals surface area contributed by atoms with Crippen LogP contribution in [0.5, 0.6) is 5.75 Å². The van der Waals surface area contributed by atoms with Crippen molar-refractivity contribution in [1.82, 2.24) is 24.8 Å². The lowest BCUT2D eigenvalue weighted by Crippen LogP contribution is -2.58. The molecule has 0 radical (unpaired) electrons. The molecule has 202 valence electrons. The highest BCUT2D eigenvalue weighted by Crippen LogP contribution is 2.26. The minimum Gasteiger partial charge on any atom is -0.444 e. The molecule has 0 spiro atoms. The number of nitrogens with zero attached hydrogens (tertiary/aromatic N) is 5. The third kappa shape index (κ3) is 7.02. The molecule has 2 heterocycles. The van der Waals surface area contributed by atoms with Gasteiger partial charge in [-0.3, -0.25) is 0 Å². The minimum atomic E-state index is -4.79. The number of amides is 2. The first kappa shape index (κ1) is 27.0. The Morgan fingerprint density at radius 1 is 1.00 bits per heavy atom. The first-order chi connectivity index (χ1) is 17.9. The lowest BCUT2D eigenvalue weighted by atomic mass is 10.0. The minimum absolute atomic E-state index is 0.246. The van der Waals surface area contributed by atoms with E-state index in [1.807, 2.05) is 30.3 Å². The fraction of sp³-hybridized carbons (Fsp3) is 0.385. The average molecular weight is 532 g/mol. The van der Waals surface area contributed by atoms with Crippen molar-refractivity contribution in [3.63, 3.8) is 0 Å². The molecule has 1 aliphatic rings. The van der Waals surface area contributed by atoms with Crippen LogP contribution >= 0.6 is 0 Å². The van der Waals surface area contributed by atoms with Gasteiger partial charge in [0.05, 0.1) is 12.2 Å². The number of benzene rings is 2. The van der Waals surface area contributed by atoms with E-state index in [0.29, 0.717) is 17.7 Å². The molecule has 0 aliphatic carbocycles. The smallest absolute Gasteiger partial charge is 0.444 e. The number of hydrogen-bond acceptors (Lipinski definition) is 6. The molecule has 12 heteroatoms. The van der Waals surface area contributed by atoms with Gasteiger partial charge in [0.1, 0.15) is 17.0 Å². The molecule has 0 saturated carbocycles. The van der Waals surface area contributed by atoms with E-state index < -0.39 is 24.1 Å². The second-order valence-corrected chi connectivity index (χ2v) is 9.84. The Balaban J connectivity index is 1.51. The van der Waals surface area contributed by atoms with E-state index in [0.717, 1.165) is 22.5 Å². The second-order valence-electron chi connectivity index (χ2n) is 9.84. The Morgan fingerprint density at radius 2 is 1.68 bits per heavy atom. The summed E-state index contributed by atoms with van der Waals surface area (Å²) in [6.07, 6.45) is -3.37. The maximum Gasteiger partial charge on any atom is 0.573 e. The highest BCUT2D eigenvalue weighted by molar-refractivity contribution is 5.77. The number of ether oxygens (including phenoxy) is 2. The van der Waals surface area contributed by atoms with Crippen LogP contribution in [0.1, 0.15) is 26.3 Å². The molecule has 1 saturated heterocycles. The summed E-state index contributed by atoms with van der Waals surface area (Å²) >= 11 is 0. The molecule has 38 heavy (non-hydrogen) atoms. The number of halogens is 3. The van der Waals surface area contributed by atoms with Crippen molar-refractivity contribution in [2.75, 3.05) is 19.6 Å². The molecule has 3 aromatic rings. The molecule has 0 unspecified atom stereocenters. The Labute approximate surface area is 217 Å². The first-order valence-corrected chi connectivity index (χ1v) is 12.0. The van der Waals surface area contributed by atoms with Gasteiger partial charge in [0.15, 0.2) is 0 Å². The highest BCUT2D eigenvalue weighted by Gasteiger charge is 2.36. The topological polar surface area (TPSA) is 89.8 Å². The number of rotatable bonds is 4. The van der Waals surface area contributed by atoms with Gasteiger partial charge >= 0.3 is 18.5 Å². The fourth-order valence-electron chi connectivity index (χ4n) is 4.09. The molecule has 1 aromatic heterocycles. The van der Waals surface area contributed by atoms with Gasteiger partial charge in [-0.1, -0.05) is 35.1 Å². The van der Waals surface area contributed by atoms with Gasteiger partial charge in [0.2, 0.25) is 0 Å². The zero-order chi connectivity index (χ0) is 27.5. The predicted octanol–water partition coefficient (Wildman–Crippen LogP) is 4.98. The van der Waals surface area contributed by atoms with Crippen molar-refractivity contribution in [2.45, 2.75) is 45.2 Å². The standard InChI is InChI=1S/C26H28F3N5O4/c1-25(2,3)38-24(36)32-13-14-33(20(17-32)15-18-7-5-4-6-8-18)23(35)34-30-16-22(31-34)19-9-11-21(12-10-19)37-26(27,28)29/h4-12,16,20H,13-15,17H2,1-3H3/t20-/m1/s1. The van der Waals surface area contributed by atoms with Gasteiger partial charge in [0, 0.05) is 25.2 Å². The third-order valence-electron chi connectivity index (χ3n) is 5.74. The zero-order valence-electron chi connectivity index (χ0n) is 21.2. The van der Waals surface area contributed by atoms with Crippen molar-refractivity contribution >= 4 is 12.1 Å². The SMILES string of the molecule is CC(C)(C)OC(=O)N1CCN(C(=O)n2ncc(-c3ccc(OC(F)(F)F)cc3)n2)[C@H](Cc2ccccc2)C1. The summed E-state index contributed by atoms with van der Waals surface area (Å²) in [4.78, 5) is 30.3. The van der Waals surface area contributed by atoms with E-state index in [9.17, 15) is 22.8 Å². The Kier molecular flexibility index (Phi) is 7.61. The second kappa shape index (κ2) is 10.7. The Morgan fingerprint density at radius 3 is 2.32 bits per heavy atom.